The maximum atomic E-state index is 13.8. The van der Waals surface area contributed by atoms with Gasteiger partial charge < -0.3 is 5.73 Å². The lowest BCUT2D eigenvalue weighted by Gasteiger charge is -2.12. The second-order valence-electron chi connectivity index (χ2n) is 5.43. The zero-order valence-corrected chi connectivity index (χ0v) is 13.1. The molecule has 0 fully saturated rings. The normalized spacial score (nSPS) is 14.1. The van der Waals surface area contributed by atoms with Crippen LogP contribution in [0.4, 0.5) is 4.39 Å². The highest BCUT2D eigenvalue weighted by atomic mass is 35.5. The average molecular weight is 310 g/mol. The molecule has 5 heteroatoms. The first kappa shape index (κ1) is 16.0. The summed E-state index contributed by atoms with van der Waals surface area (Å²) in [6, 6.07) is 7.17. The molecule has 3 nitrogen and oxygen atoms in total. The highest BCUT2D eigenvalue weighted by Crippen LogP contribution is 2.19. The molecule has 2 aromatic rings. The fourth-order valence-corrected chi connectivity index (χ4v) is 2.44. The molecular formula is C16H21ClFN3. The van der Waals surface area contributed by atoms with E-state index in [1.54, 1.807) is 18.2 Å². The van der Waals surface area contributed by atoms with Gasteiger partial charge in [-0.25, -0.2) is 4.39 Å². The minimum atomic E-state index is -0.375. The first-order chi connectivity index (χ1) is 10.0. The molecule has 0 saturated heterocycles. The van der Waals surface area contributed by atoms with E-state index in [0.29, 0.717) is 24.4 Å². The van der Waals surface area contributed by atoms with Crippen LogP contribution in [0.3, 0.4) is 0 Å². The summed E-state index contributed by atoms with van der Waals surface area (Å²) in [6.45, 7) is 4.25. The van der Waals surface area contributed by atoms with Crippen LogP contribution in [0.2, 0.25) is 5.02 Å². The molecular weight excluding hydrogens is 289 g/mol. The Kier molecular flexibility index (Phi) is 5.37. The summed E-state index contributed by atoms with van der Waals surface area (Å²) < 4.78 is 15.8. The van der Waals surface area contributed by atoms with Crippen molar-refractivity contribution in [1.82, 2.24) is 9.78 Å². The third-order valence-electron chi connectivity index (χ3n) is 3.69. The average Bonchev–Trinajstić information content (AvgIpc) is 2.91. The predicted molar refractivity (Wildman–Crippen MR) is 84.0 cm³/mol. The number of benzene rings is 1. The van der Waals surface area contributed by atoms with Crippen molar-refractivity contribution in [3.05, 3.63) is 52.6 Å². The lowest BCUT2D eigenvalue weighted by Crippen LogP contribution is -2.26. The lowest BCUT2D eigenvalue weighted by molar-refractivity contribution is 0.471. The lowest BCUT2D eigenvalue weighted by atomic mass is 10.0. The van der Waals surface area contributed by atoms with E-state index >= 15 is 0 Å². The van der Waals surface area contributed by atoms with Crippen molar-refractivity contribution in [1.29, 1.82) is 0 Å². The zero-order chi connectivity index (χ0) is 15.4. The minimum Gasteiger partial charge on any atom is -0.327 e. The van der Waals surface area contributed by atoms with Crippen LogP contribution in [0, 0.1) is 5.82 Å². The molecule has 0 radical (unpaired) electrons. The Morgan fingerprint density at radius 2 is 2.10 bits per heavy atom. The van der Waals surface area contributed by atoms with Crippen molar-refractivity contribution in [3.8, 4) is 0 Å². The fraction of sp³-hybridized carbons (Fsp3) is 0.438. The molecule has 2 unspecified atom stereocenters. The van der Waals surface area contributed by atoms with Crippen LogP contribution < -0.4 is 5.73 Å². The van der Waals surface area contributed by atoms with Crippen LogP contribution in [0.25, 0.3) is 0 Å². The molecule has 1 heterocycles. The monoisotopic (exact) mass is 309 g/mol. The fourth-order valence-electron chi connectivity index (χ4n) is 2.25. The van der Waals surface area contributed by atoms with Gasteiger partial charge in [-0.05, 0) is 37.5 Å². The van der Waals surface area contributed by atoms with E-state index in [-0.39, 0.29) is 16.9 Å². The first-order valence-corrected chi connectivity index (χ1v) is 7.61. The maximum Gasteiger partial charge on any atom is 0.145 e. The molecule has 21 heavy (non-hydrogen) atoms. The van der Waals surface area contributed by atoms with Crippen LogP contribution in [0.15, 0.2) is 30.5 Å². The molecule has 0 amide bonds. The zero-order valence-electron chi connectivity index (χ0n) is 12.4. The van der Waals surface area contributed by atoms with Gasteiger partial charge in [-0.1, -0.05) is 30.7 Å². The Morgan fingerprint density at radius 1 is 1.33 bits per heavy atom. The van der Waals surface area contributed by atoms with Crippen LogP contribution in [0.5, 0.6) is 0 Å². The van der Waals surface area contributed by atoms with E-state index in [1.165, 1.54) is 0 Å². The van der Waals surface area contributed by atoms with Crippen molar-refractivity contribution >= 4 is 11.6 Å². The number of hydrogen-bond acceptors (Lipinski definition) is 2. The number of nitrogens with zero attached hydrogens (tertiary/aromatic N) is 2. The molecule has 0 aliphatic rings. The quantitative estimate of drug-likeness (QED) is 0.883. The van der Waals surface area contributed by atoms with Crippen molar-refractivity contribution in [2.45, 2.75) is 45.2 Å². The Balaban J connectivity index is 2.00. The van der Waals surface area contributed by atoms with Crippen molar-refractivity contribution in [3.63, 3.8) is 0 Å². The maximum absolute atomic E-state index is 13.8. The largest absolute Gasteiger partial charge is 0.327 e. The second-order valence-corrected chi connectivity index (χ2v) is 5.83. The van der Waals surface area contributed by atoms with Gasteiger partial charge in [-0.3, -0.25) is 4.68 Å². The summed E-state index contributed by atoms with van der Waals surface area (Å²) in [4.78, 5) is 0. The molecule has 2 atom stereocenters. The van der Waals surface area contributed by atoms with Gasteiger partial charge in [-0.15, -0.1) is 0 Å². The Hall–Kier alpha value is -1.39. The molecule has 0 bridgehead atoms. The summed E-state index contributed by atoms with van der Waals surface area (Å²) >= 11 is 5.78. The van der Waals surface area contributed by atoms with Gasteiger partial charge in [0.1, 0.15) is 5.82 Å². The number of hydrogen-bond donors (Lipinski definition) is 1. The van der Waals surface area contributed by atoms with Crippen LogP contribution in [0.1, 0.15) is 37.6 Å². The van der Waals surface area contributed by atoms with Gasteiger partial charge in [0.15, 0.2) is 0 Å². The molecule has 1 aromatic carbocycles. The van der Waals surface area contributed by atoms with Gasteiger partial charge in [0.2, 0.25) is 0 Å². The number of aromatic nitrogens is 2. The van der Waals surface area contributed by atoms with E-state index in [1.807, 2.05) is 16.9 Å². The summed E-state index contributed by atoms with van der Waals surface area (Å²) in [5.41, 5.74) is 7.60. The van der Waals surface area contributed by atoms with Gasteiger partial charge in [0.05, 0.1) is 10.7 Å². The Morgan fingerprint density at radius 3 is 2.81 bits per heavy atom. The summed E-state index contributed by atoms with van der Waals surface area (Å²) in [7, 11) is 0. The summed E-state index contributed by atoms with van der Waals surface area (Å²) in [5.74, 6) is -0.375. The number of halogens is 2. The van der Waals surface area contributed by atoms with Crippen molar-refractivity contribution in [2.24, 2.45) is 5.73 Å². The van der Waals surface area contributed by atoms with E-state index in [2.05, 4.69) is 18.9 Å². The molecule has 114 valence electrons. The number of rotatable bonds is 6. The van der Waals surface area contributed by atoms with E-state index in [0.717, 1.165) is 12.1 Å². The van der Waals surface area contributed by atoms with E-state index in [9.17, 15) is 4.39 Å². The molecule has 2 rings (SSSR count). The molecule has 0 aliphatic carbocycles. The van der Waals surface area contributed by atoms with Crippen LogP contribution >= 0.6 is 11.6 Å². The van der Waals surface area contributed by atoms with Gasteiger partial charge in [0, 0.05) is 24.7 Å². The van der Waals surface area contributed by atoms with Crippen molar-refractivity contribution in [2.75, 3.05) is 0 Å². The summed E-state index contributed by atoms with van der Waals surface area (Å²) in [5, 5.41) is 4.66. The first-order valence-electron chi connectivity index (χ1n) is 7.23. The van der Waals surface area contributed by atoms with E-state index < -0.39 is 0 Å². The standard InChI is InChI=1S/C16H21ClFN3/c1-3-11(2)21-8-7-14(20-21)10-13(19)9-12-5-4-6-15(17)16(12)18/h4-8,11,13H,3,9-10,19H2,1-2H3. The molecule has 0 spiro atoms. The smallest absolute Gasteiger partial charge is 0.145 e. The Bertz CT molecular complexity index is 597. The highest BCUT2D eigenvalue weighted by Gasteiger charge is 2.13. The molecule has 2 N–H and O–H groups in total. The van der Waals surface area contributed by atoms with Crippen LogP contribution in [-0.4, -0.2) is 15.8 Å². The second kappa shape index (κ2) is 7.05. The van der Waals surface area contributed by atoms with Gasteiger partial charge in [0.25, 0.3) is 0 Å². The minimum absolute atomic E-state index is 0.140. The highest BCUT2D eigenvalue weighted by molar-refractivity contribution is 6.30. The van der Waals surface area contributed by atoms with E-state index in [4.69, 9.17) is 17.3 Å². The topological polar surface area (TPSA) is 43.8 Å². The summed E-state index contributed by atoms with van der Waals surface area (Å²) in [6.07, 6.45) is 4.06. The predicted octanol–water partition coefficient (Wildman–Crippen LogP) is 3.76. The SMILES string of the molecule is CCC(C)n1ccc(CC(N)Cc2cccc(Cl)c2F)n1. The molecule has 0 saturated carbocycles. The number of nitrogens with two attached hydrogens (primary N) is 1. The van der Waals surface area contributed by atoms with Gasteiger partial charge in [-0.2, -0.15) is 5.10 Å². The molecule has 0 aliphatic heterocycles. The Labute approximate surface area is 129 Å². The molecule has 1 aromatic heterocycles. The third kappa shape index (κ3) is 4.05. The van der Waals surface area contributed by atoms with Gasteiger partial charge >= 0.3 is 0 Å². The van der Waals surface area contributed by atoms with Crippen LogP contribution in [-0.2, 0) is 12.8 Å². The third-order valence-corrected chi connectivity index (χ3v) is 3.98. The van der Waals surface area contributed by atoms with Crippen molar-refractivity contribution < 1.29 is 4.39 Å².